The number of nitrogens with one attached hydrogen (secondary N) is 1. The molecule has 5 rings (SSSR count). The lowest BCUT2D eigenvalue weighted by Gasteiger charge is -2.38. The number of nitro groups is 2. The Kier molecular flexibility index (Phi) is 6.44. The lowest BCUT2D eigenvalue weighted by Crippen LogP contribution is -2.31. The van der Waals surface area contributed by atoms with E-state index in [-0.39, 0.29) is 50.6 Å². The maximum absolute atomic E-state index is 12.1. The molecule has 1 N–H and O–H groups in total. The number of nitro benzene ring substituents is 2. The Hall–Kier alpha value is -3.43. The summed E-state index contributed by atoms with van der Waals surface area (Å²) in [4.78, 5) is 34.6. The molecule has 1 aliphatic heterocycles. The summed E-state index contributed by atoms with van der Waals surface area (Å²) in [6, 6.07) is 18.5. The number of Topliss-reactive ketones (excluding diaryl/α,β-unsaturated/α-hetero) is 1. The fourth-order valence-corrected chi connectivity index (χ4v) is 7.28. The molecule has 36 heavy (non-hydrogen) atoms. The Labute approximate surface area is 216 Å². The van der Waals surface area contributed by atoms with E-state index in [2.05, 4.69) is 5.32 Å². The van der Waals surface area contributed by atoms with Gasteiger partial charge in [-0.1, -0.05) is 24.3 Å². The maximum atomic E-state index is 12.1. The van der Waals surface area contributed by atoms with E-state index in [9.17, 15) is 25.0 Å². The minimum absolute atomic E-state index is 0.0175. The largest absolute Gasteiger partial charge is 0.378 e. The molecule has 1 fully saturated rings. The number of carbonyl (C=O) groups excluding carboxylic acids is 1. The normalized spacial score (nSPS) is 24.3. The van der Waals surface area contributed by atoms with E-state index in [4.69, 9.17) is 11.6 Å². The minimum Gasteiger partial charge on any atom is -0.378 e. The fourth-order valence-electron chi connectivity index (χ4n) is 5.34. The van der Waals surface area contributed by atoms with E-state index in [0.29, 0.717) is 16.9 Å². The van der Waals surface area contributed by atoms with Crippen LogP contribution in [0.2, 0.25) is 0 Å². The number of hydrogen-bond donors (Lipinski definition) is 1. The van der Waals surface area contributed by atoms with Crippen LogP contribution in [0.3, 0.4) is 0 Å². The number of benzene rings is 3. The number of hydrogen-bond acceptors (Lipinski definition) is 7. The molecule has 8 nitrogen and oxygen atoms in total. The van der Waals surface area contributed by atoms with Gasteiger partial charge in [-0.3, -0.25) is 25.0 Å². The van der Waals surface area contributed by atoms with Crippen molar-refractivity contribution >= 4 is 46.2 Å². The molecule has 1 heterocycles. The molecule has 0 unspecified atom stereocenters. The van der Waals surface area contributed by atoms with E-state index >= 15 is 0 Å². The number of carbonyl (C=O) groups is 1. The summed E-state index contributed by atoms with van der Waals surface area (Å²) in [6.07, 6.45) is 0.675. The third kappa shape index (κ3) is 4.33. The Balaban J connectivity index is 1.55. The first-order chi connectivity index (χ1) is 17.2. The molecule has 3 aromatic rings. The van der Waals surface area contributed by atoms with Gasteiger partial charge in [0.1, 0.15) is 0 Å². The van der Waals surface area contributed by atoms with E-state index in [1.165, 1.54) is 36.9 Å². The number of anilines is 1. The Morgan fingerprint density at radius 3 is 2.42 bits per heavy atom. The second-order valence-electron chi connectivity index (χ2n) is 9.08. The van der Waals surface area contributed by atoms with E-state index in [0.717, 1.165) is 16.8 Å². The highest BCUT2D eigenvalue weighted by Gasteiger charge is 2.50. The van der Waals surface area contributed by atoms with Crippen LogP contribution in [0.25, 0.3) is 0 Å². The third-order valence-corrected chi connectivity index (χ3v) is 9.14. The number of para-hydroxylation sites is 1. The summed E-state index contributed by atoms with van der Waals surface area (Å²) in [6.45, 7) is 1.52. The van der Waals surface area contributed by atoms with Gasteiger partial charge in [-0.2, -0.15) is 0 Å². The number of non-ortho nitro benzene ring substituents is 1. The molecular formula is C26H22ClN3O5S. The first kappa shape index (κ1) is 24.3. The number of rotatable bonds is 6. The van der Waals surface area contributed by atoms with Crippen molar-refractivity contribution < 1.29 is 14.6 Å². The Bertz CT molecular complexity index is 1370. The Morgan fingerprint density at radius 1 is 1.03 bits per heavy atom. The molecule has 5 atom stereocenters. The zero-order valence-corrected chi connectivity index (χ0v) is 20.7. The second kappa shape index (κ2) is 9.55. The molecule has 0 bridgehead atoms. The van der Waals surface area contributed by atoms with Crippen LogP contribution in [0.5, 0.6) is 0 Å². The van der Waals surface area contributed by atoms with Crippen molar-refractivity contribution in [3.63, 3.8) is 0 Å². The molecule has 10 heteroatoms. The molecule has 1 aliphatic carbocycles. The van der Waals surface area contributed by atoms with Gasteiger partial charge in [-0.15, -0.1) is 23.4 Å². The van der Waals surface area contributed by atoms with Crippen molar-refractivity contribution in [1.82, 2.24) is 0 Å². The summed E-state index contributed by atoms with van der Waals surface area (Å²) >= 11 is 8.53. The summed E-state index contributed by atoms with van der Waals surface area (Å²) in [5.74, 6) is -0.131. The second-order valence-corrected chi connectivity index (χ2v) is 10.9. The SMILES string of the molecule is CC(=O)c1ccc2c(c1)[C@@H]1[C@H](Cl)[C@H](Sc3ccccc3[N+](=O)[O-])C[C@@H]1[C@@H](c1ccc([N+](=O)[O-])cc1)N2. The Morgan fingerprint density at radius 2 is 1.75 bits per heavy atom. The summed E-state index contributed by atoms with van der Waals surface area (Å²) < 4.78 is 0. The number of ketones is 1. The monoisotopic (exact) mass is 523 g/mol. The lowest BCUT2D eigenvalue weighted by atomic mass is 9.76. The first-order valence-corrected chi connectivity index (χ1v) is 12.8. The van der Waals surface area contributed by atoms with Gasteiger partial charge in [0.2, 0.25) is 0 Å². The first-order valence-electron chi connectivity index (χ1n) is 11.4. The highest BCUT2D eigenvalue weighted by atomic mass is 35.5. The topological polar surface area (TPSA) is 115 Å². The van der Waals surface area contributed by atoms with Crippen LogP contribution in [0.15, 0.2) is 71.6 Å². The number of thioether (sulfide) groups is 1. The maximum Gasteiger partial charge on any atom is 0.282 e. The third-order valence-electron chi connectivity index (χ3n) is 7.02. The summed E-state index contributed by atoms with van der Waals surface area (Å²) in [7, 11) is 0. The van der Waals surface area contributed by atoms with Gasteiger partial charge in [-0.05, 0) is 54.7 Å². The van der Waals surface area contributed by atoms with Crippen molar-refractivity contribution in [3.05, 3.63) is 104 Å². The average Bonchev–Trinajstić information content (AvgIpc) is 3.19. The van der Waals surface area contributed by atoms with Gasteiger partial charge in [-0.25, -0.2) is 0 Å². The lowest BCUT2D eigenvalue weighted by molar-refractivity contribution is -0.387. The molecule has 0 radical (unpaired) electrons. The molecule has 3 aromatic carbocycles. The molecule has 2 aliphatic rings. The number of nitrogens with zero attached hydrogens (tertiary/aromatic N) is 2. The standard InChI is InChI=1S/C26H22ClN3O5S/c1-14(31)16-8-11-20-18(12-16)24-19(26(28-20)15-6-9-17(10-7-15)29(32)33)13-23(25(24)27)36-22-5-3-2-4-21(22)30(34)35/h2-12,19,23-26,28H,13H2,1H3/t19-,23+,24-,25+,26+/m0/s1. The quantitative estimate of drug-likeness (QED) is 0.164. The van der Waals surface area contributed by atoms with Gasteiger partial charge in [0.15, 0.2) is 5.78 Å². The zero-order valence-electron chi connectivity index (χ0n) is 19.2. The summed E-state index contributed by atoms with van der Waals surface area (Å²) in [5, 5.41) is 25.8. The van der Waals surface area contributed by atoms with Crippen LogP contribution in [-0.2, 0) is 0 Å². The predicted octanol–water partition coefficient (Wildman–Crippen LogP) is 6.74. The molecule has 0 saturated heterocycles. The van der Waals surface area contributed by atoms with Crippen LogP contribution in [-0.4, -0.2) is 26.3 Å². The van der Waals surface area contributed by atoms with Crippen LogP contribution in [0.1, 0.15) is 46.8 Å². The minimum atomic E-state index is -0.427. The molecule has 1 saturated carbocycles. The molecule has 0 aromatic heterocycles. The van der Waals surface area contributed by atoms with Gasteiger partial charge in [0.25, 0.3) is 11.4 Å². The van der Waals surface area contributed by atoms with Gasteiger partial charge in [0.05, 0.1) is 26.2 Å². The van der Waals surface area contributed by atoms with Crippen molar-refractivity contribution in [3.8, 4) is 0 Å². The van der Waals surface area contributed by atoms with E-state index < -0.39 is 4.92 Å². The smallest absolute Gasteiger partial charge is 0.282 e. The van der Waals surface area contributed by atoms with Crippen molar-refractivity contribution in [2.75, 3.05) is 5.32 Å². The van der Waals surface area contributed by atoms with Crippen LogP contribution < -0.4 is 5.32 Å². The number of fused-ring (bicyclic) bond motifs is 3. The van der Waals surface area contributed by atoms with E-state index in [1.54, 1.807) is 36.4 Å². The number of halogens is 1. The van der Waals surface area contributed by atoms with E-state index in [1.807, 2.05) is 12.1 Å². The number of alkyl halides is 1. The highest BCUT2D eigenvalue weighted by Crippen LogP contribution is 2.58. The molecule has 0 spiro atoms. The van der Waals surface area contributed by atoms with Crippen LogP contribution in [0, 0.1) is 26.1 Å². The highest BCUT2D eigenvalue weighted by molar-refractivity contribution is 8.00. The molecule has 184 valence electrons. The van der Waals surface area contributed by atoms with Crippen molar-refractivity contribution in [1.29, 1.82) is 0 Å². The predicted molar refractivity (Wildman–Crippen MR) is 139 cm³/mol. The van der Waals surface area contributed by atoms with Gasteiger partial charge >= 0.3 is 0 Å². The fraction of sp³-hybridized carbons (Fsp3) is 0.269. The van der Waals surface area contributed by atoms with Gasteiger partial charge in [0, 0.05) is 40.6 Å². The van der Waals surface area contributed by atoms with Crippen LogP contribution in [0.4, 0.5) is 17.1 Å². The zero-order chi connectivity index (χ0) is 25.6. The average molecular weight is 524 g/mol. The summed E-state index contributed by atoms with van der Waals surface area (Å²) in [5.41, 5.74) is 3.39. The van der Waals surface area contributed by atoms with Crippen LogP contribution >= 0.6 is 23.4 Å². The van der Waals surface area contributed by atoms with Crippen molar-refractivity contribution in [2.45, 2.75) is 40.8 Å². The van der Waals surface area contributed by atoms with Gasteiger partial charge < -0.3 is 5.32 Å². The molecular weight excluding hydrogens is 502 g/mol. The van der Waals surface area contributed by atoms with Crippen molar-refractivity contribution in [2.24, 2.45) is 5.92 Å². The molecule has 0 amide bonds.